The number of anilines is 1. The third-order valence-corrected chi connectivity index (χ3v) is 6.13. The SMILES string of the molecule is CC(C(=O)NCc1ccc(C(F)(F)F)nc1-c1cccc(Cl)c1)c1ccc(N(C)S(=O)[O-])c(F)c1. The Hall–Kier alpha value is -3.02. The van der Waals surface area contributed by atoms with Crippen LogP contribution in [0.15, 0.2) is 54.6 Å². The Morgan fingerprint density at radius 2 is 1.91 bits per heavy atom. The van der Waals surface area contributed by atoms with Crippen molar-refractivity contribution in [2.75, 3.05) is 11.4 Å². The highest BCUT2D eigenvalue weighted by Crippen LogP contribution is 2.32. The molecular formula is C23H19ClF4N3O3S-. The number of benzene rings is 2. The van der Waals surface area contributed by atoms with E-state index in [0.29, 0.717) is 20.5 Å². The smallest absolute Gasteiger partial charge is 0.433 e. The molecule has 0 saturated carbocycles. The number of carbonyl (C=O) groups excluding carboxylic acids is 1. The van der Waals surface area contributed by atoms with Gasteiger partial charge in [-0.2, -0.15) is 13.2 Å². The standard InChI is InChI=1S/C23H20ClF4N3O3S/c1-13(14-6-8-19(18(25)11-14)31(2)35(33)34)22(32)29-12-16-7-9-20(23(26,27)28)30-21(16)15-4-3-5-17(24)10-15/h3-11,13H,12H2,1-2H3,(H,29,32)(H,33,34)/p-1. The molecule has 0 fully saturated rings. The first-order valence-corrected chi connectivity index (χ1v) is 11.5. The number of nitrogens with zero attached hydrogens (tertiary/aromatic N) is 2. The van der Waals surface area contributed by atoms with E-state index in [2.05, 4.69) is 10.3 Å². The molecule has 0 aliphatic carbocycles. The number of halogens is 5. The van der Waals surface area contributed by atoms with E-state index in [9.17, 15) is 31.1 Å². The van der Waals surface area contributed by atoms with E-state index in [0.717, 1.165) is 12.1 Å². The average molecular weight is 529 g/mol. The van der Waals surface area contributed by atoms with Crippen LogP contribution in [0.2, 0.25) is 5.02 Å². The van der Waals surface area contributed by atoms with Crippen molar-refractivity contribution in [2.45, 2.75) is 25.6 Å². The normalized spacial score (nSPS) is 13.3. The summed E-state index contributed by atoms with van der Waals surface area (Å²) in [6, 6.07) is 11.9. The molecule has 2 aromatic carbocycles. The maximum atomic E-state index is 14.4. The first-order valence-electron chi connectivity index (χ1n) is 10.1. The lowest BCUT2D eigenvalue weighted by atomic mass is 9.99. The summed E-state index contributed by atoms with van der Waals surface area (Å²) < 4.78 is 76.9. The van der Waals surface area contributed by atoms with Gasteiger partial charge in [0.25, 0.3) is 0 Å². The third-order valence-electron chi connectivity index (χ3n) is 5.25. The lowest BCUT2D eigenvalue weighted by Crippen LogP contribution is -2.28. The van der Waals surface area contributed by atoms with E-state index in [1.165, 1.54) is 38.2 Å². The highest BCUT2D eigenvalue weighted by molar-refractivity contribution is 7.80. The highest BCUT2D eigenvalue weighted by atomic mass is 35.5. The largest absolute Gasteiger partial charge is 0.755 e. The third kappa shape index (κ3) is 6.36. The topological polar surface area (TPSA) is 85.4 Å². The average Bonchev–Trinajstić information content (AvgIpc) is 2.80. The second kappa shape index (κ2) is 10.7. The number of hydrogen-bond acceptors (Lipinski definition) is 4. The van der Waals surface area contributed by atoms with Gasteiger partial charge in [-0.1, -0.05) is 35.9 Å². The van der Waals surface area contributed by atoms with Crippen LogP contribution < -0.4 is 9.62 Å². The Balaban J connectivity index is 1.83. The first kappa shape index (κ1) is 26.6. The Morgan fingerprint density at radius 1 is 1.20 bits per heavy atom. The number of alkyl halides is 3. The molecule has 1 N–H and O–H groups in total. The quantitative estimate of drug-likeness (QED) is 0.337. The molecule has 2 unspecified atom stereocenters. The van der Waals surface area contributed by atoms with Crippen LogP contribution in [0.5, 0.6) is 0 Å². The molecule has 0 saturated heterocycles. The van der Waals surface area contributed by atoms with E-state index in [-0.39, 0.29) is 23.5 Å². The molecule has 0 aliphatic heterocycles. The molecule has 0 bridgehead atoms. The second-order valence-corrected chi connectivity index (χ2v) is 9.00. The fourth-order valence-corrected chi connectivity index (χ4v) is 3.79. The van der Waals surface area contributed by atoms with Crippen LogP contribution in [0.3, 0.4) is 0 Å². The van der Waals surface area contributed by atoms with E-state index in [1.807, 2.05) is 0 Å². The zero-order valence-electron chi connectivity index (χ0n) is 18.4. The summed E-state index contributed by atoms with van der Waals surface area (Å²) in [5.74, 6) is -2.18. The zero-order chi connectivity index (χ0) is 25.9. The minimum absolute atomic E-state index is 0.0133. The van der Waals surface area contributed by atoms with Crippen LogP contribution >= 0.6 is 11.6 Å². The molecule has 35 heavy (non-hydrogen) atoms. The van der Waals surface area contributed by atoms with Gasteiger partial charge in [-0.3, -0.25) is 9.00 Å². The van der Waals surface area contributed by atoms with Crippen LogP contribution in [0.1, 0.15) is 29.7 Å². The molecule has 2 atom stereocenters. The minimum atomic E-state index is -4.66. The molecule has 12 heteroatoms. The van der Waals surface area contributed by atoms with Crippen molar-refractivity contribution in [3.05, 3.63) is 82.3 Å². The van der Waals surface area contributed by atoms with Crippen molar-refractivity contribution < 1.29 is 31.1 Å². The molecule has 6 nitrogen and oxygen atoms in total. The van der Waals surface area contributed by atoms with E-state index in [1.54, 1.807) is 18.2 Å². The van der Waals surface area contributed by atoms with Crippen LogP contribution in [-0.4, -0.2) is 26.7 Å². The molecule has 1 aromatic heterocycles. The van der Waals surface area contributed by atoms with E-state index < -0.39 is 40.8 Å². The molecule has 3 aromatic rings. The molecule has 3 rings (SSSR count). The molecule has 1 amide bonds. The number of rotatable bonds is 7. The van der Waals surface area contributed by atoms with E-state index in [4.69, 9.17) is 11.6 Å². The lowest BCUT2D eigenvalue weighted by molar-refractivity contribution is -0.141. The number of nitrogens with one attached hydrogen (secondary N) is 1. The predicted molar refractivity (Wildman–Crippen MR) is 124 cm³/mol. The summed E-state index contributed by atoms with van der Waals surface area (Å²) in [7, 11) is 1.17. The number of carbonyl (C=O) groups is 1. The van der Waals surface area contributed by atoms with Gasteiger partial charge in [0, 0.05) is 35.4 Å². The zero-order valence-corrected chi connectivity index (χ0v) is 20.0. The van der Waals surface area contributed by atoms with Gasteiger partial charge in [0.1, 0.15) is 11.5 Å². The van der Waals surface area contributed by atoms with Crippen molar-refractivity contribution >= 4 is 34.5 Å². The summed E-state index contributed by atoms with van der Waals surface area (Å²) in [5.41, 5.74) is -0.304. The fraction of sp³-hybridized carbons (Fsp3) is 0.217. The minimum Gasteiger partial charge on any atom is -0.755 e. The monoisotopic (exact) mass is 528 g/mol. The van der Waals surface area contributed by atoms with Gasteiger partial charge in [0.2, 0.25) is 5.91 Å². The van der Waals surface area contributed by atoms with Crippen molar-refractivity contribution in [1.29, 1.82) is 0 Å². The van der Waals surface area contributed by atoms with Gasteiger partial charge >= 0.3 is 6.18 Å². The van der Waals surface area contributed by atoms with Crippen LogP contribution in [0.25, 0.3) is 11.3 Å². The summed E-state index contributed by atoms with van der Waals surface area (Å²) in [5, 5.41) is 2.94. The maximum absolute atomic E-state index is 14.4. The van der Waals surface area contributed by atoms with Gasteiger partial charge in [-0.15, -0.1) is 0 Å². The van der Waals surface area contributed by atoms with Gasteiger partial charge in [-0.05, 0) is 48.4 Å². The number of aromatic nitrogens is 1. The maximum Gasteiger partial charge on any atom is 0.433 e. The van der Waals surface area contributed by atoms with Crippen molar-refractivity contribution in [3.8, 4) is 11.3 Å². The van der Waals surface area contributed by atoms with Gasteiger partial charge in [-0.25, -0.2) is 9.37 Å². The number of hydrogen-bond donors (Lipinski definition) is 1. The highest BCUT2D eigenvalue weighted by Gasteiger charge is 2.33. The van der Waals surface area contributed by atoms with Crippen molar-refractivity contribution in [3.63, 3.8) is 0 Å². The molecule has 186 valence electrons. The van der Waals surface area contributed by atoms with E-state index >= 15 is 0 Å². The van der Waals surface area contributed by atoms with Crippen molar-refractivity contribution in [1.82, 2.24) is 10.3 Å². The summed E-state index contributed by atoms with van der Waals surface area (Å²) in [6.07, 6.45) is -4.66. The van der Waals surface area contributed by atoms with Gasteiger partial charge in [0.15, 0.2) is 0 Å². The Labute approximate surface area is 206 Å². The van der Waals surface area contributed by atoms with Crippen molar-refractivity contribution in [2.24, 2.45) is 0 Å². The summed E-state index contributed by atoms with van der Waals surface area (Å²) in [4.78, 5) is 16.5. The Bertz CT molecular complexity index is 1270. The second-order valence-electron chi connectivity index (χ2n) is 7.58. The molecule has 1 heterocycles. The summed E-state index contributed by atoms with van der Waals surface area (Å²) >= 11 is 3.32. The number of pyridine rings is 1. The summed E-state index contributed by atoms with van der Waals surface area (Å²) in [6.45, 7) is 1.37. The molecule has 0 aliphatic rings. The Morgan fingerprint density at radius 3 is 2.51 bits per heavy atom. The lowest BCUT2D eigenvalue weighted by Gasteiger charge is -2.22. The fourth-order valence-electron chi connectivity index (χ4n) is 3.29. The van der Waals surface area contributed by atoms with Crippen LogP contribution in [0, 0.1) is 5.82 Å². The first-order chi connectivity index (χ1) is 16.4. The predicted octanol–water partition coefficient (Wildman–Crippen LogP) is 5.21. The molecule has 0 radical (unpaired) electrons. The number of amides is 1. The van der Waals surface area contributed by atoms with Gasteiger partial charge < -0.3 is 14.2 Å². The molecular weight excluding hydrogens is 510 g/mol. The molecule has 0 spiro atoms. The Kier molecular flexibility index (Phi) is 8.14. The van der Waals surface area contributed by atoms with Crippen LogP contribution in [-0.2, 0) is 28.8 Å². The van der Waals surface area contributed by atoms with Crippen LogP contribution in [0.4, 0.5) is 23.2 Å². The van der Waals surface area contributed by atoms with Gasteiger partial charge in [0.05, 0.1) is 17.3 Å².